The quantitative estimate of drug-likeness (QED) is 0.846. The van der Waals surface area contributed by atoms with Crippen molar-refractivity contribution in [2.45, 2.75) is 32.3 Å². The first kappa shape index (κ1) is 17.4. The van der Waals surface area contributed by atoms with Crippen LogP contribution in [0, 0.1) is 5.82 Å². The van der Waals surface area contributed by atoms with Crippen LogP contribution in [0.1, 0.15) is 37.2 Å². The van der Waals surface area contributed by atoms with Crippen LogP contribution in [-0.2, 0) is 0 Å². The van der Waals surface area contributed by atoms with Crippen molar-refractivity contribution in [2.75, 3.05) is 6.54 Å². The molecule has 2 N–H and O–H groups in total. The topological polar surface area (TPSA) is 80.0 Å². The van der Waals surface area contributed by atoms with Gasteiger partial charge in [0.25, 0.3) is 5.91 Å². The molecule has 0 aliphatic rings. The Balaban J connectivity index is 2.13. The molecular weight excluding hydrogens is 323 g/mol. The van der Waals surface area contributed by atoms with E-state index in [1.54, 1.807) is 6.07 Å². The predicted octanol–water partition coefficient (Wildman–Crippen LogP) is 2.34. The van der Waals surface area contributed by atoms with E-state index in [1.165, 1.54) is 18.3 Å². The molecule has 0 fully saturated rings. The van der Waals surface area contributed by atoms with E-state index in [-0.39, 0.29) is 22.9 Å². The number of nitrogens with one attached hydrogen (secondary N) is 1. The third kappa shape index (κ3) is 3.86. The molecule has 124 valence electrons. The van der Waals surface area contributed by atoms with Gasteiger partial charge in [-0.1, -0.05) is 36.7 Å². The third-order valence-electron chi connectivity index (χ3n) is 3.80. The SMILES string of the molecule is CCC(O)(CC)CNC(=O)c1cn(-c2cccc(Cl)c2F)nn1. The molecule has 1 aromatic carbocycles. The Labute approximate surface area is 138 Å². The Morgan fingerprint density at radius 3 is 2.78 bits per heavy atom. The Kier molecular flexibility index (Phi) is 5.33. The predicted molar refractivity (Wildman–Crippen MR) is 84.2 cm³/mol. The van der Waals surface area contributed by atoms with E-state index in [1.807, 2.05) is 13.8 Å². The van der Waals surface area contributed by atoms with Gasteiger partial charge in [0.1, 0.15) is 5.69 Å². The number of amides is 1. The normalized spacial score (nSPS) is 11.5. The van der Waals surface area contributed by atoms with E-state index < -0.39 is 17.3 Å². The van der Waals surface area contributed by atoms with Gasteiger partial charge in [-0.2, -0.15) is 0 Å². The first-order valence-electron chi connectivity index (χ1n) is 7.27. The summed E-state index contributed by atoms with van der Waals surface area (Å²) in [4.78, 5) is 12.1. The molecule has 0 aliphatic carbocycles. The molecule has 1 heterocycles. The largest absolute Gasteiger partial charge is 0.388 e. The summed E-state index contributed by atoms with van der Waals surface area (Å²) in [6, 6.07) is 4.47. The average Bonchev–Trinajstić information content (AvgIpc) is 3.04. The summed E-state index contributed by atoms with van der Waals surface area (Å²) in [6.07, 6.45) is 2.34. The van der Waals surface area contributed by atoms with Crippen LogP contribution in [0.15, 0.2) is 24.4 Å². The fourth-order valence-electron chi connectivity index (χ4n) is 1.99. The lowest BCUT2D eigenvalue weighted by molar-refractivity contribution is 0.0313. The standard InChI is InChI=1S/C15H18ClFN4O2/c1-3-15(23,4-2)9-18-14(22)11-8-21(20-19-11)12-7-5-6-10(16)13(12)17/h5-8,23H,3-4,9H2,1-2H3,(H,18,22). The van der Waals surface area contributed by atoms with E-state index in [9.17, 15) is 14.3 Å². The number of halogens is 2. The van der Waals surface area contributed by atoms with Crippen LogP contribution in [0.25, 0.3) is 5.69 Å². The van der Waals surface area contributed by atoms with E-state index >= 15 is 0 Å². The summed E-state index contributed by atoms with van der Waals surface area (Å²) in [6.45, 7) is 3.79. The first-order chi connectivity index (χ1) is 10.9. The fourth-order valence-corrected chi connectivity index (χ4v) is 2.16. The number of hydrogen-bond donors (Lipinski definition) is 2. The molecule has 0 unspecified atom stereocenters. The second-order valence-corrected chi connectivity index (χ2v) is 5.64. The van der Waals surface area contributed by atoms with Gasteiger partial charge in [0.2, 0.25) is 0 Å². The summed E-state index contributed by atoms with van der Waals surface area (Å²) < 4.78 is 15.1. The van der Waals surface area contributed by atoms with Gasteiger partial charge in [0, 0.05) is 6.54 Å². The Bertz CT molecular complexity index is 701. The van der Waals surface area contributed by atoms with Crippen molar-refractivity contribution >= 4 is 17.5 Å². The molecule has 0 saturated carbocycles. The third-order valence-corrected chi connectivity index (χ3v) is 4.09. The Morgan fingerprint density at radius 2 is 2.13 bits per heavy atom. The van der Waals surface area contributed by atoms with Crippen molar-refractivity contribution in [3.05, 3.63) is 40.9 Å². The van der Waals surface area contributed by atoms with Crippen molar-refractivity contribution < 1.29 is 14.3 Å². The smallest absolute Gasteiger partial charge is 0.273 e. The molecule has 0 atom stereocenters. The Morgan fingerprint density at radius 1 is 1.43 bits per heavy atom. The molecule has 1 aromatic heterocycles. The summed E-state index contributed by atoms with van der Waals surface area (Å²) >= 11 is 5.72. The second kappa shape index (κ2) is 7.06. The summed E-state index contributed by atoms with van der Waals surface area (Å²) in [7, 11) is 0. The second-order valence-electron chi connectivity index (χ2n) is 5.24. The fraction of sp³-hybridized carbons (Fsp3) is 0.400. The molecule has 6 nitrogen and oxygen atoms in total. The number of aliphatic hydroxyl groups is 1. The van der Waals surface area contributed by atoms with Crippen LogP contribution in [0.4, 0.5) is 4.39 Å². The van der Waals surface area contributed by atoms with Crippen LogP contribution in [0.2, 0.25) is 5.02 Å². The van der Waals surface area contributed by atoms with Crippen molar-refractivity contribution in [2.24, 2.45) is 0 Å². The highest BCUT2D eigenvalue weighted by Gasteiger charge is 2.24. The van der Waals surface area contributed by atoms with Crippen molar-refractivity contribution in [1.82, 2.24) is 20.3 Å². The molecule has 2 aromatic rings. The lowest BCUT2D eigenvalue weighted by Crippen LogP contribution is -2.42. The van der Waals surface area contributed by atoms with Gasteiger partial charge in [0.05, 0.1) is 16.8 Å². The average molecular weight is 341 g/mol. The van der Waals surface area contributed by atoms with E-state index in [4.69, 9.17) is 11.6 Å². The summed E-state index contributed by atoms with van der Waals surface area (Å²) in [5, 5.41) is 20.2. The number of carbonyl (C=O) groups excluding carboxylic acids is 1. The molecule has 0 bridgehead atoms. The Hall–Kier alpha value is -1.99. The molecule has 8 heteroatoms. The number of hydrogen-bond acceptors (Lipinski definition) is 4. The molecule has 0 radical (unpaired) electrons. The number of aromatic nitrogens is 3. The number of rotatable bonds is 6. The minimum absolute atomic E-state index is 0.0268. The molecule has 0 spiro atoms. The highest BCUT2D eigenvalue weighted by atomic mass is 35.5. The van der Waals surface area contributed by atoms with Crippen LogP contribution in [0.5, 0.6) is 0 Å². The molecule has 0 saturated heterocycles. The summed E-state index contributed by atoms with van der Waals surface area (Å²) in [5.41, 5.74) is -0.827. The maximum Gasteiger partial charge on any atom is 0.273 e. The maximum atomic E-state index is 13.9. The monoisotopic (exact) mass is 340 g/mol. The van der Waals surface area contributed by atoms with Gasteiger partial charge in [-0.15, -0.1) is 5.10 Å². The lowest BCUT2D eigenvalue weighted by Gasteiger charge is -2.24. The van der Waals surface area contributed by atoms with Crippen LogP contribution < -0.4 is 5.32 Å². The highest BCUT2D eigenvalue weighted by Crippen LogP contribution is 2.20. The van der Waals surface area contributed by atoms with Gasteiger partial charge in [0.15, 0.2) is 11.5 Å². The zero-order chi connectivity index (χ0) is 17.0. The first-order valence-corrected chi connectivity index (χ1v) is 7.65. The number of benzene rings is 1. The van der Waals surface area contributed by atoms with Crippen LogP contribution in [-0.4, -0.2) is 38.2 Å². The van der Waals surface area contributed by atoms with Crippen LogP contribution in [0.3, 0.4) is 0 Å². The molecule has 23 heavy (non-hydrogen) atoms. The van der Waals surface area contributed by atoms with Crippen molar-refractivity contribution in [3.8, 4) is 5.69 Å². The van der Waals surface area contributed by atoms with E-state index in [2.05, 4.69) is 15.6 Å². The zero-order valence-corrected chi connectivity index (χ0v) is 13.6. The minimum atomic E-state index is -0.954. The van der Waals surface area contributed by atoms with E-state index in [0.29, 0.717) is 12.8 Å². The molecular formula is C15H18ClFN4O2. The molecule has 1 amide bonds. The van der Waals surface area contributed by atoms with Gasteiger partial charge in [-0.25, -0.2) is 9.07 Å². The summed E-state index contributed by atoms with van der Waals surface area (Å²) in [5.74, 6) is -1.13. The number of carbonyl (C=O) groups is 1. The zero-order valence-electron chi connectivity index (χ0n) is 12.9. The molecule has 2 rings (SSSR count). The minimum Gasteiger partial charge on any atom is -0.388 e. The van der Waals surface area contributed by atoms with Crippen LogP contribution >= 0.6 is 11.6 Å². The van der Waals surface area contributed by atoms with Crippen molar-refractivity contribution in [1.29, 1.82) is 0 Å². The molecule has 0 aliphatic heterocycles. The highest BCUT2D eigenvalue weighted by molar-refractivity contribution is 6.30. The van der Waals surface area contributed by atoms with E-state index in [0.717, 1.165) is 4.68 Å². The van der Waals surface area contributed by atoms with Gasteiger partial charge < -0.3 is 10.4 Å². The maximum absolute atomic E-state index is 13.9. The van der Waals surface area contributed by atoms with Gasteiger partial charge >= 0.3 is 0 Å². The van der Waals surface area contributed by atoms with Gasteiger partial charge in [-0.3, -0.25) is 4.79 Å². The number of nitrogens with zero attached hydrogens (tertiary/aromatic N) is 3. The van der Waals surface area contributed by atoms with Gasteiger partial charge in [-0.05, 0) is 25.0 Å². The lowest BCUT2D eigenvalue weighted by atomic mass is 9.97. The van der Waals surface area contributed by atoms with Crippen molar-refractivity contribution in [3.63, 3.8) is 0 Å².